The van der Waals surface area contributed by atoms with Crippen LogP contribution in [0.1, 0.15) is 29.8 Å². The van der Waals surface area contributed by atoms with E-state index in [2.05, 4.69) is 14.9 Å². The molecular weight excluding hydrogens is 316 g/mol. The monoisotopic (exact) mass is 338 g/mol. The smallest absolute Gasteiger partial charge is 0.274 e. The van der Waals surface area contributed by atoms with Gasteiger partial charge in [-0.25, -0.2) is 9.97 Å². The minimum Gasteiger partial charge on any atom is -0.438 e. The first kappa shape index (κ1) is 16.0. The van der Waals surface area contributed by atoms with Crippen molar-refractivity contribution in [1.82, 2.24) is 19.8 Å². The molecule has 0 atom stereocenters. The highest BCUT2D eigenvalue weighted by Gasteiger charge is 2.30. The van der Waals surface area contributed by atoms with Crippen LogP contribution in [0.4, 0.5) is 0 Å². The fraction of sp³-hybridized carbons (Fsp3) is 0.421. The number of benzene rings is 1. The van der Waals surface area contributed by atoms with Gasteiger partial charge >= 0.3 is 0 Å². The summed E-state index contributed by atoms with van der Waals surface area (Å²) in [6.07, 6.45) is 6.96. The highest BCUT2D eigenvalue weighted by molar-refractivity contribution is 5.92. The van der Waals surface area contributed by atoms with E-state index in [4.69, 9.17) is 4.74 Å². The molecule has 1 aliphatic carbocycles. The van der Waals surface area contributed by atoms with E-state index in [1.54, 1.807) is 0 Å². The molecule has 1 amide bonds. The van der Waals surface area contributed by atoms with Crippen LogP contribution < -0.4 is 4.74 Å². The van der Waals surface area contributed by atoms with Gasteiger partial charge in [-0.3, -0.25) is 9.69 Å². The molecular formula is C19H22N4O2. The molecule has 2 aromatic rings. The fourth-order valence-corrected chi connectivity index (χ4v) is 3.29. The van der Waals surface area contributed by atoms with E-state index >= 15 is 0 Å². The van der Waals surface area contributed by atoms with Gasteiger partial charge in [0.05, 0.1) is 12.4 Å². The predicted molar refractivity (Wildman–Crippen MR) is 93.7 cm³/mol. The van der Waals surface area contributed by atoms with Gasteiger partial charge < -0.3 is 9.64 Å². The summed E-state index contributed by atoms with van der Waals surface area (Å²) in [5.74, 6) is 1.03. The van der Waals surface area contributed by atoms with Crippen LogP contribution in [0.2, 0.25) is 0 Å². The Morgan fingerprint density at radius 1 is 1.00 bits per heavy atom. The maximum atomic E-state index is 12.6. The van der Waals surface area contributed by atoms with Crippen molar-refractivity contribution < 1.29 is 9.53 Å². The first-order valence-corrected chi connectivity index (χ1v) is 8.88. The molecule has 1 aliphatic heterocycles. The lowest BCUT2D eigenvalue weighted by Gasteiger charge is -2.42. The predicted octanol–water partition coefficient (Wildman–Crippen LogP) is 2.58. The Balaban J connectivity index is 1.34. The molecule has 2 heterocycles. The van der Waals surface area contributed by atoms with Crippen LogP contribution in [0.15, 0.2) is 42.7 Å². The summed E-state index contributed by atoms with van der Waals surface area (Å²) in [7, 11) is 0. The maximum Gasteiger partial charge on any atom is 0.274 e. The number of carbonyl (C=O) groups excluding carboxylic acids is 1. The summed E-state index contributed by atoms with van der Waals surface area (Å²) >= 11 is 0. The van der Waals surface area contributed by atoms with Crippen LogP contribution in [0.25, 0.3) is 0 Å². The summed E-state index contributed by atoms with van der Waals surface area (Å²) in [5.41, 5.74) is 0.373. The van der Waals surface area contributed by atoms with E-state index < -0.39 is 0 Å². The molecule has 0 radical (unpaired) electrons. The number of carbonyl (C=O) groups is 1. The maximum absolute atomic E-state index is 12.6. The molecule has 25 heavy (non-hydrogen) atoms. The van der Waals surface area contributed by atoms with E-state index in [1.165, 1.54) is 31.7 Å². The Labute approximate surface area is 147 Å². The average molecular weight is 338 g/mol. The van der Waals surface area contributed by atoms with Crippen molar-refractivity contribution in [1.29, 1.82) is 0 Å². The number of para-hydroxylation sites is 1. The summed E-state index contributed by atoms with van der Waals surface area (Å²) in [6, 6.07) is 10.1. The van der Waals surface area contributed by atoms with Gasteiger partial charge in [0, 0.05) is 32.2 Å². The number of hydrogen-bond donors (Lipinski definition) is 0. The summed E-state index contributed by atoms with van der Waals surface area (Å²) < 4.78 is 5.61. The second kappa shape index (κ2) is 7.19. The van der Waals surface area contributed by atoms with E-state index in [-0.39, 0.29) is 5.91 Å². The standard InChI is InChI=1S/C19H22N4O2/c24-19(23-11-9-22(10-12-23)15-5-4-6-15)17-13-21-18(14-20-17)25-16-7-2-1-3-8-16/h1-3,7-8,13-15H,4-6,9-12H2. The highest BCUT2D eigenvalue weighted by atomic mass is 16.5. The molecule has 0 spiro atoms. The molecule has 6 heteroatoms. The van der Waals surface area contributed by atoms with Crippen molar-refractivity contribution >= 4 is 5.91 Å². The highest BCUT2D eigenvalue weighted by Crippen LogP contribution is 2.25. The number of rotatable bonds is 4. The topological polar surface area (TPSA) is 58.6 Å². The molecule has 0 unspecified atom stereocenters. The molecule has 6 nitrogen and oxygen atoms in total. The van der Waals surface area contributed by atoms with Crippen molar-refractivity contribution in [2.45, 2.75) is 25.3 Å². The normalized spacial score (nSPS) is 18.6. The van der Waals surface area contributed by atoms with Crippen LogP contribution >= 0.6 is 0 Å². The van der Waals surface area contributed by atoms with Crippen molar-refractivity contribution in [2.75, 3.05) is 26.2 Å². The molecule has 1 saturated heterocycles. The SMILES string of the molecule is O=C(c1cnc(Oc2ccccc2)cn1)N1CCN(C2CCC2)CC1. The van der Waals surface area contributed by atoms with E-state index in [0.717, 1.165) is 32.2 Å². The number of ether oxygens (including phenoxy) is 1. The summed E-state index contributed by atoms with van der Waals surface area (Å²) in [4.78, 5) is 25.4. The lowest BCUT2D eigenvalue weighted by Crippen LogP contribution is -2.53. The van der Waals surface area contributed by atoms with E-state index in [1.807, 2.05) is 35.2 Å². The van der Waals surface area contributed by atoms with E-state index in [9.17, 15) is 4.79 Å². The van der Waals surface area contributed by atoms with Crippen LogP contribution in [-0.2, 0) is 0 Å². The Hall–Kier alpha value is -2.47. The van der Waals surface area contributed by atoms with Crippen molar-refractivity contribution in [3.63, 3.8) is 0 Å². The molecule has 2 fully saturated rings. The second-order valence-corrected chi connectivity index (χ2v) is 6.57. The van der Waals surface area contributed by atoms with Gasteiger partial charge in [0.25, 0.3) is 5.91 Å². The minimum atomic E-state index is -0.0491. The molecule has 1 aromatic carbocycles. The van der Waals surface area contributed by atoms with Crippen molar-refractivity contribution in [3.8, 4) is 11.6 Å². The first-order valence-electron chi connectivity index (χ1n) is 8.88. The average Bonchev–Trinajstić information content (AvgIpc) is 2.62. The zero-order chi connectivity index (χ0) is 17.1. The minimum absolute atomic E-state index is 0.0491. The lowest BCUT2D eigenvalue weighted by atomic mass is 9.91. The van der Waals surface area contributed by atoms with Gasteiger partial charge in [0.1, 0.15) is 11.4 Å². The van der Waals surface area contributed by atoms with Gasteiger partial charge in [-0.05, 0) is 25.0 Å². The van der Waals surface area contributed by atoms with Gasteiger partial charge in [-0.15, -0.1) is 0 Å². The molecule has 0 bridgehead atoms. The van der Waals surface area contributed by atoms with Gasteiger partial charge in [0.2, 0.25) is 5.88 Å². The zero-order valence-corrected chi connectivity index (χ0v) is 14.2. The quantitative estimate of drug-likeness (QED) is 0.857. The Morgan fingerprint density at radius 2 is 1.76 bits per heavy atom. The molecule has 4 rings (SSSR count). The number of hydrogen-bond acceptors (Lipinski definition) is 5. The molecule has 2 aliphatic rings. The third-order valence-corrected chi connectivity index (χ3v) is 5.01. The third-order valence-electron chi connectivity index (χ3n) is 5.01. The van der Waals surface area contributed by atoms with Crippen LogP contribution in [0.5, 0.6) is 11.6 Å². The largest absolute Gasteiger partial charge is 0.438 e. The lowest BCUT2D eigenvalue weighted by molar-refractivity contribution is 0.0451. The Bertz CT molecular complexity index is 708. The number of amides is 1. The van der Waals surface area contributed by atoms with Crippen LogP contribution in [0, 0.1) is 0 Å². The number of piperazine rings is 1. The van der Waals surface area contributed by atoms with Crippen molar-refractivity contribution in [2.24, 2.45) is 0 Å². The van der Waals surface area contributed by atoms with Crippen LogP contribution in [-0.4, -0.2) is 57.9 Å². The van der Waals surface area contributed by atoms with Gasteiger partial charge in [-0.1, -0.05) is 24.6 Å². The Kier molecular flexibility index (Phi) is 4.61. The van der Waals surface area contributed by atoms with Gasteiger partial charge in [0.15, 0.2) is 0 Å². The number of nitrogens with zero attached hydrogens (tertiary/aromatic N) is 4. The summed E-state index contributed by atoms with van der Waals surface area (Å²) in [6.45, 7) is 3.44. The second-order valence-electron chi connectivity index (χ2n) is 6.57. The summed E-state index contributed by atoms with van der Waals surface area (Å²) in [5, 5.41) is 0. The van der Waals surface area contributed by atoms with Gasteiger partial charge in [-0.2, -0.15) is 0 Å². The zero-order valence-electron chi connectivity index (χ0n) is 14.2. The molecule has 1 aromatic heterocycles. The fourth-order valence-electron chi connectivity index (χ4n) is 3.29. The number of aromatic nitrogens is 2. The molecule has 0 N–H and O–H groups in total. The molecule has 1 saturated carbocycles. The Morgan fingerprint density at radius 3 is 2.36 bits per heavy atom. The van der Waals surface area contributed by atoms with Crippen molar-refractivity contribution in [3.05, 3.63) is 48.4 Å². The first-order chi connectivity index (χ1) is 12.3. The van der Waals surface area contributed by atoms with E-state index in [0.29, 0.717) is 17.3 Å². The third kappa shape index (κ3) is 3.64. The van der Waals surface area contributed by atoms with Crippen LogP contribution in [0.3, 0.4) is 0 Å². The molecule has 130 valence electrons.